The molecule has 10 nitrogen and oxygen atoms in total. The molecule has 0 radical (unpaired) electrons. The van der Waals surface area contributed by atoms with E-state index in [0.29, 0.717) is 19.6 Å². The first-order chi connectivity index (χ1) is 16.7. The van der Waals surface area contributed by atoms with Crippen molar-refractivity contribution >= 4 is 28.5 Å². The topological polar surface area (TPSA) is 162 Å². The van der Waals surface area contributed by atoms with Crippen LogP contribution in [0.3, 0.4) is 0 Å². The molecular formula is C25H34ClN7O3. The van der Waals surface area contributed by atoms with Crippen molar-refractivity contribution in [2.45, 2.75) is 38.1 Å². The number of benzene rings is 2. The summed E-state index contributed by atoms with van der Waals surface area (Å²) in [5.74, 6) is 1.06. The first kappa shape index (κ1) is 27.4. The van der Waals surface area contributed by atoms with Gasteiger partial charge in [-0.3, -0.25) is 15.9 Å². The Morgan fingerprint density at radius 3 is 2.56 bits per heavy atom. The van der Waals surface area contributed by atoms with E-state index in [0.717, 1.165) is 46.5 Å². The third-order valence-corrected chi connectivity index (χ3v) is 6.81. The van der Waals surface area contributed by atoms with Crippen LogP contribution in [0.5, 0.6) is 0 Å². The quantitative estimate of drug-likeness (QED) is 0.109. The number of rotatable bonds is 9. The van der Waals surface area contributed by atoms with Crippen LogP contribution in [0.1, 0.15) is 36.7 Å². The first-order valence-corrected chi connectivity index (χ1v) is 11.8. The lowest BCUT2D eigenvalue weighted by atomic mass is 9.89. The molecule has 2 heterocycles. The van der Waals surface area contributed by atoms with Gasteiger partial charge in [0.15, 0.2) is 5.54 Å². The molecule has 36 heavy (non-hydrogen) atoms. The van der Waals surface area contributed by atoms with Gasteiger partial charge < -0.3 is 42.7 Å². The van der Waals surface area contributed by atoms with Crippen molar-refractivity contribution in [1.82, 2.24) is 14.5 Å². The Hall–Kier alpha value is -3.18. The van der Waals surface area contributed by atoms with E-state index in [1.807, 2.05) is 65.9 Å². The molecule has 2 atom stereocenters. The number of nitrogens with zero attached hydrogens (tertiary/aromatic N) is 3. The highest BCUT2D eigenvalue weighted by molar-refractivity contribution is 5.92. The van der Waals surface area contributed by atoms with Gasteiger partial charge >= 0.3 is 0 Å². The average Bonchev–Trinajstić information content (AvgIpc) is 3.49. The largest absolute Gasteiger partial charge is 1.00 e. The van der Waals surface area contributed by atoms with Crippen LogP contribution in [0, 0.1) is 0 Å². The second-order valence-corrected chi connectivity index (χ2v) is 9.27. The number of carbonyl (C=O) groups is 1. The van der Waals surface area contributed by atoms with Gasteiger partial charge in [-0.2, -0.15) is 0 Å². The summed E-state index contributed by atoms with van der Waals surface area (Å²) in [6, 6.07) is 13.3. The van der Waals surface area contributed by atoms with Crippen LogP contribution in [0.4, 0.5) is 5.69 Å². The number of imidazole rings is 1. The minimum absolute atomic E-state index is 0. The molecule has 194 valence electrons. The maximum absolute atomic E-state index is 13.5. The lowest BCUT2D eigenvalue weighted by Crippen LogP contribution is -3.00. The number of nitrogens with one attached hydrogen (secondary N) is 1. The lowest BCUT2D eigenvalue weighted by molar-refractivity contribution is -0.746. The van der Waals surface area contributed by atoms with E-state index in [9.17, 15) is 15.0 Å². The van der Waals surface area contributed by atoms with Crippen LogP contribution in [0.15, 0.2) is 42.5 Å². The number of amides is 1. The fourth-order valence-corrected chi connectivity index (χ4v) is 4.61. The van der Waals surface area contributed by atoms with Gasteiger partial charge in [-0.15, -0.1) is 0 Å². The number of aryl methyl sites for hydroxylation is 1. The van der Waals surface area contributed by atoms with Crippen LogP contribution < -0.4 is 39.3 Å². The van der Waals surface area contributed by atoms with Gasteiger partial charge in [0, 0.05) is 44.6 Å². The molecule has 0 bridgehead atoms. The summed E-state index contributed by atoms with van der Waals surface area (Å²) >= 11 is 0. The van der Waals surface area contributed by atoms with E-state index in [4.69, 9.17) is 16.1 Å². The molecule has 1 aliphatic heterocycles. The van der Waals surface area contributed by atoms with E-state index in [1.54, 1.807) is 5.32 Å². The summed E-state index contributed by atoms with van der Waals surface area (Å²) in [5.41, 5.74) is 8.75. The Labute approximate surface area is 216 Å². The number of halogens is 1. The van der Waals surface area contributed by atoms with Crippen molar-refractivity contribution in [1.29, 1.82) is 0 Å². The zero-order chi connectivity index (χ0) is 25.2. The molecule has 1 amide bonds. The summed E-state index contributed by atoms with van der Waals surface area (Å²) in [6.45, 7) is 3.62. The Kier molecular flexibility index (Phi) is 8.57. The third-order valence-electron chi connectivity index (χ3n) is 6.81. The van der Waals surface area contributed by atoms with Crippen molar-refractivity contribution in [3.05, 3.63) is 59.4 Å². The highest BCUT2D eigenvalue weighted by Gasteiger charge is 2.43. The number of fused-ring (bicyclic) bond motifs is 1. The number of anilines is 1. The first-order valence-electron chi connectivity index (χ1n) is 11.8. The molecule has 0 saturated carbocycles. The minimum Gasteiger partial charge on any atom is -1.00 e. The fourth-order valence-electron chi connectivity index (χ4n) is 4.61. The molecule has 4 rings (SSSR count). The van der Waals surface area contributed by atoms with Gasteiger partial charge in [0.2, 0.25) is 0 Å². The normalized spacial score (nSPS) is 15.8. The minimum atomic E-state index is -1.76. The summed E-state index contributed by atoms with van der Waals surface area (Å²) in [7, 11) is 1.95. The number of hydrogen-bond donors (Lipinski definition) is 5. The standard InChI is InChI=1S/C25H32N7O3.ClH/c1-25(29-15-22(33)34,24(35)32-11-3-4-12-32)17-7-10-20-19(13-17)30-21(31(20)2)14-28-18-8-5-16(6-9-18)23(26)27;/h5-10,13,22,28-29,33H,3-4,11-12,14-15H2,1-2H3,(H3,26,27);1H/q-1;/p+1/t22?,25-;/m1./s1. The number of aliphatic hydroxyl groups is 1. The summed E-state index contributed by atoms with van der Waals surface area (Å²) in [5, 5.41) is 31.4. The van der Waals surface area contributed by atoms with Gasteiger partial charge in [0.25, 0.3) is 11.7 Å². The molecule has 8 N–H and O–H groups in total. The van der Waals surface area contributed by atoms with Crippen molar-refractivity contribution in [2.75, 3.05) is 25.0 Å². The fraction of sp³-hybridized carbons (Fsp3) is 0.400. The number of likely N-dealkylation sites (tertiary alicyclic amines) is 1. The molecule has 11 heteroatoms. The number of aliphatic hydroxyl groups excluding tert-OH is 1. The van der Waals surface area contributed by atoms with E-state index < -0.39 is 11.8 Å². The molecule has 0 spiro atoms. The highest BCUT2D eigenvalue weighted by Crippen LogP contribution is 2.26. The number of aromatic nitrogens is 2. The van der Waals surface area contributed by atoms with Crippen LogP contribution in [-0.4, -0.2) is 57.2 Å². The zero-order valence-electron chi connectivity index (χ0n) is 20.6. The number of carbonyl (C=O) groups excluding carboxylic acids is 1. The maximum atomic E-state index is 13.5. The van der Waals surface area contributed by atoms with Crippen LogP contribution >= 0.6 is 0 Å². The van der Waals surface area contributed by atoms with Gasteiger partial charge in [0.05, 0.1) is 29.7 Å². The monoisotopic (exact) mass is 515 g/mol. The van der Waals surface area contributed by atoms with E-state index in [1.165, 1.54) is 0 Å². The molecule has 1 fully saturated rings. The Bertz CT molecular complexity index is 1220. The summed E-state index contributed by atoms with van der Waals surface area (Å²) < 4.78 is 2.01. The number of nitrogens with two attached hydrogens (primary N) is 3. The highest BCUT2D eigenvalue weighted by atomic mass is 35.5. The molecule has 2 aromatic carbocycles. The van der Waals surface area contributed by atoms with Crippen LogP contribution in [-0.2, 0) is 23.9 Å². The Morgan fingerprint density at radius 1 is 1.28 bits per heavy atom. The second kappa shape index (κ2) is 11.3. The molecular weight excluding hydrogens is 482 g/mol. The predicted molar refractivity (Wildman–Crippen MR) is 131 cm³/mol. The van der Waals surface area contributed by atoms with Crippen molar-refractivity contribution < 1.29 is 38.1 Å². The lowest BCUT2D eigenvalue weighted by Gasteiger charge is -2.32. The number of amidine groups is 1. The predicted octanol–water partition coefficient (Wildman–Crippen LogP) is -5.27. The van der Waals surface area contributed by atoms with E-state index in [2.05, 4.69) is 5.32 Å². The SMILES string of the molecule is Cn1c(CNc2ccc(C(N)=[NH2+])cc2)nc2cc([C@@](C)([NH2+]CC([O-])O)C(=O)N3CCCC3)ccc21.[Cl-]. The summed E-state index contributed by atoms with van der Waals surface area (Å²) in [6.07, 6.45) is 0.190. The van der Waals surface area contributed by atoms with Crippen LogP contribution in [0.2, 0.25) is 0 Å². The molecule has 0 aliphatic carbocycles. The Morgan fingerprint density at radius 2 is 1.94 bits per heavy atom. The Balaban J connectivity index is 0.00000361. The molecule has 1 aliphatic rings. The zero-order valence-corrected chi connectivity index (χ0v) is 21.3. The summed E-state index contributed by atoms with van der Waals surface area (Å²) in [4.78, 5) is 20.1. The van der Waals surface area contributed by atoms with Gasteiger partial charge in [0.1, 0.15) is 5.82 Å². The molecule has 1 aromatic heterocycles. The smallest absolute Gasteiger partial charge is 0.288 e. The van der Waals surface area contributed by atoms with E-state index in [-0.39, 0.29) is 30.7 Å². The number of quaternary nitrogens is 1. The van der Waals surface area contributed by atoms with Gasteiger partial charge in [-0.25, -0.2) is 4.98 Å². The van der Waals surface area contributed by atoms with Crippen molar-refractivity contribution in [2.24, 2.45) is 12.8 Å². The van der Waals surface area contributed by atoms with Gasteiger partial charge in [-0.1, -0.05) is 6.07 Å². The van der Waals surface area contributed by atoms with Gasteiger partial charge in [-0.05, 0) is 49.2 Å². The number of hydrogen-bond acceptors (Lipinski definition) is 5. The second-order valence-electron chi connectivity index (χ2n) is 9.27. The third kappa shape index (κ3) is 5.62. The molecule has 1 unspecified atom stereocenters. The van der Waals surface area contributed by atoms with E-state index >= 15 is 0 Å². The maximum Gasteiger partial charge on any atom is 0.288 e. The van der Waals surface area contributed by atoms with Crippen molar-refractivity contribution in [3.8, 4) is 0 Å². The molecule has 1 saturated heterocycles. The van der Waals surface area contributed by atoms with Crippen molar-refractivity contribution in [3.63, 3.8) is 0 Å². The molecule has 3 aromatic rings. The van der Waals surface area contributed by atoms with Crippen LogP contribution in [0.25, 0.3) is 11.0 Å². The average molecular weight is 516 g/mol.